The van der Waals surface area contributed by atoms with Crippen molar-refractivity contribution in [1.82, 2.24) is 60.5 Å². The molecule has 1 aliphatic heterocycles. The van der Waals surface area contributed by atoms with E-state index in [2.05, 4.69) is 26.2 Å². The van der Waals surface area contributed by atoms with Gasteiger partial charge >= 0.3 is 0 Å². The third kappa shape index (κ3) is 23.8. The van der Waals surface area contributed by atoms with Crippen LogP contribution in [0.3, 0.4) is 0 Å². The summed E-state index contributed by atoms with van der Waals surface area (Å²) in [7, 11) is 10.1. The van der Waals surface area contributed by atoms with Crippen LogP contribution in [0.5, 0.6) is 0 Å². The average Bonchev–Trinajstić information content (AvgIpc) is 0.902. The smallest absolute Gasteiger partial charge is 0.256 e. The summed E-state index contributed by atoms with van der Waals surface area (Å²) in [6, 6.07) is -12.5. The van der Waals surface area contributed by atoms with Gasteiger partial charge in [0.15, 0.2) is 5.37 Å². The normalized spacial score (nSPS) is 26.8. The molecule has 93 heavy (non-hydrogen) atoms. The fraction of sp³-hybridized carbons (Fsp3) is 0.809. The fourth-order valence-corrected chi connectivity index (χ4v) is 13.1. The summed E-state index contributed by atoms with van der Waals surface area (Å²) in [4.78, 5) is 175. The Morgan fingerprint density at radius 1 is 0.484 bits per heavy atom. The second kappa shape index (κ2) is 39.9. The van der Waals surface area contributed by atoms with Gasteiger partial charge in [-0.05, 0) is 107 Å². The molecule has 534 valence electrons. The largest absolute Gasteiger partial charge is 0.390 e. The van der Waals surface area contributed by atoms with Crippen molar-refractivity contribution in [2.24, 2.45) is 41.4 Å². The molecule has 25 heteroatoms. The topological polar surface area (TPSA) is 282 Å². The molecule has 1 aliphatic rings. The Balaban J connectivity index is 4.56. The number of aliphatic hydroxyl groups is 1. The first-order valence-electron chi connectivity index (χ1n) is 33.9. The zero-order valence-corrected chi connectivity index (χ0v) is 62.4. The lowest BCUT2D eigenvalue weighted by Crippen LogP contribution is -2.64. The molecule has 1 fully saturated rings. The number of rotatable bonds is 21. The molecule has 24 nitrogen and oxygen atoms in total. The Kier molecular flexibility index (Phi) is 36.6. The predicted octanol–water partition coefficient (Wildman–Crippen LogP) is 4.67. The van der Waals surface area contributed by atoms with E-state index in [4.69, 9.17) is 0 Å². The predicted molar refractivity (Wildman–Crippen MR) is 368 cm³/mol. The third-order valence-electron chi connectivity index (χ3n) is 18.2. The molecule has 11 amide bonds. The van der Waals surface area contributed by atoms with E-state index in [1.807, 2.05) is 75.3 Å². The Morgan fingerprint density at radius 3 is 1.40 bits per heavy atom. The molecule has 0 saturated carbocycles. The second-order valence-corrected chi connectivity index (χ2v) is 28.9. The van der Waals surface area contributed by atoms with E-state index in [0.717, 1.165) is 4.90 Å². The van der Waals surface area contributed by atoms with Crippen molar-refractivity contribution in [3.8, 4) is 0 Å². The first kappa shape index (κ1) is 85.2. The summed E-state index contributed by atoms with van der Waals surface area (Å²) in [5.41, 5.74) is 0. The van der Waals surface area contributed by atoms with Gasteiger partial charge in [0.25, 0.3) is 5.91 Å². The van der Waals surface area contributed by atoms with Crippen LogP contribution in [0.2, 0.25) is 0 Å². The van der Waals surface area contributed by atoms with Gasteiger partial charge in [0.05, 0.1) is 6.10 Å². The Morgan fingerprint density at radius 2 is 0.935 bits per heavy atom. The van der Waals surface area contributed by atoms with E-state index in [9.17, 15) is 24.3 Å². The molecule has 1 saturated heterocycles. The fourth-order valence-electron chi connectivity index (χ4n) is 11.8. The van der Waals surface area contributed by atoms with Crippen LogP contribution in [0.4, 0.5) is 0 Å². The molecule has 1 unspecified atom stereocenters. The minimum absolute atomic E-state index is 0.00536. The van der Waals surface area contributed by atoms with Crippen LogP contribution in [0.15, 0.2) is 12.2 Å². The number of aliphatic hydroxyl groups excluding tert-OH is 1. The maximum Gasteiger partial charge on any atom is 0.256 e. The lowest BCUT2D eigenvalue weighted by Gasteiger charge is -2.41. The highest BCUT2D eigenvalue weighted by atomic mass is 32.2. The summed E-state index contributed by atoms with van der Waals surface area (Å²) in [6.45, 7) is 36.0. The highest BCUT2D eigenvalue weighted by Gasteiger charge is 2.47. The molecule has 0 spiro atoms. The van der Waals surface area contributed by atoms with Crippen LogP contribution < -0.4 is 21.3 Å². The van der Waals surface area contributed by atoms with E-state index >= 15 is 33.6 Å². The van der Waals surface area contributed by atoms with E-state index in [1.165, 1.54) is 104 Å². The number of nitrogens with one attached hydrogen (secondary N) is 4. The van der Waals surface area contributed by atoms with E-state index in [0.29, 0.717) is 38.2 Å². The number of carbonyl (C=O) groups excluding carboxylic acids is 11. The van der Waals surface area contributed by atoms with Gasteiger partial charge < -0.3 is 65.6 Å². The van der Waals surface area contributed by atoms with Crippen molar-refractivity contribution >= 4 is 76.7 Å². The van der Waals surface area contributed by atoms with Gasteiger partial charge in [0, 0.05) is 61.6 Å². The Bertz CT molecular complexity index is 2510. The lowest BCUT2D eigenvalue weighted by atomic mass is 9.91. The van der Waals surface area contributed by atoms with Gasteiger partial charge in [-0.3, -0.25) is 52.7 Å². The standard InChI is InChI=1S/C68H124N12O12S/c1-27-32-33-45(17)56(81)55-60(85)71-48(29-3)62(87)79(26)68(93-35-34-80(30-4)31-5)67(92)77(24)54(44(16)28-2)59(84)72-52(42(12)13)65(90)73(20)49(36-39(6)7)58(83)69-46(18)57(82)70-47(19)61(86)74(21)50(37-40(8)9)63(88)75(22)51(38-41(10)11)64(89)76(23)53(43(14)15)66(91)78(55)25/h27,32,39-56,68,81H,28-31,33-38H2,1-26H3,(H,69,83)(H,70,82)(H,71,85)(H,72,84)/t44?,45-,46+,47-,48+,49+,50+,51+,52+,53+,54+,55+,56-,68-/m1/s1. The quantitative estimate of drug-likeness (QED) is 0.0978. The molecule has 0 aromatic heterocycles. The van der Waals surface area contributed by atoms with Crippen LogP contribution in [0.25, 0.3) is 0 Å². The zero-order chi connectivity index (χ0) is 72.0. The van der Waals surface area contributed by atoms with Crippen molar-refractivity contribution in [2.45, 2.75) is 242 Å². The number of hydrogen-bond donors (Lipinski definition) is 5. The third-order valence-corrected chi connectivity index (χ3v) is 19.4. The molecule has 0 aliphatic carbocycles. The SMILES string of the molecule is CC=CC[C@@H](C)[C@@H](O)[C@H]1C(=O)N[C@@H](CC)C(=O)N(C)[C@H](SCCN(CC)CC)C(=O)N(C)[C@@H](C(C)CC)C(=O)N[C@@H](C(C)C)C(=O)N(C)[C@@H](CC(C)C)C(=O)N[C@@H](C)C(=O)N[C@H](C)C(=O)N(C)[C@@H](CC(C)C)C(=O)N(C)[C@@H](CC(C)C)C(=O)N(C)[C@@H](C(C)C)C(=O)N1C. The summed E-state index contributed by atoms with van der Waals surface area (Å²) < 4.78 is 0. The maximum atomic E-state index is 15.4. The number of amides is 11. The Labute approximate surface area is 562 Å². The Hall–Kier alpha value is -5.82. The van der Waals surface area contributed by atoms with Gasteiger partial charge in [0.1, 0.15) is 60.4 Å². The first-order valence-corrected chi connectivity index (χ1v) is 34.9. The summed E-state index contributed by atoms with van der Waals surface area (Å²) in [5.74, 6) is -9.74. The number of thioether (sulfide) groups is 1. The minimum Gasteiger partial charge on any atom is -0.390 e. The van der Waals surface area contributed by atoms with Crippen LogP contribution in [-0.2, 0) is 52.7 Å². The molecular weight excluding hydrogens is 1210 g/mol. The lowest BCUT2D eigenvalue weighted by molar-refractivity contribution is -0.157. The van der Waals surface area contributed by atoms with Crippen LogP contribution in [0.1, 0.15) is 170 Å². The van der Waals surface area contributed by atoms with E-state index < -0.39 is 161 Å². The van der Waals surface area contributed by atoms with Gasteiger partial charge in [0.2, 0.25) is 59.1 Å². The second-order valence-electron chi connectivity index (χ2n) is 27.7. The summed E-state index contributed by atoms with van der Waals surface area (Å²) in [5, 5.41) is 22.2. The zero-order valence-electron chi connectivity index (χ0n) is 61.6. The number of hydrogen-bond acceptors (Lipinski definition) is 14. The average molecular weight is 1330 g/mol. The van der Waals surface area contributed by atoms with Crippen LogP contribution in [0, 0.1) is 41.4 Å². The molecule has 14 atom stereocenters. The maximum absolute atomic E-state index is 15.4. The molecule has 0 aromatic rings. The summed E-state index contributed by atoms with van der Waals surface area (Å²) in [6.07, 6.45) is 3.26. The van der Waals surface area contributed by atoms with Gasteiger partial charge in [-0.25, -0.2) is 0 Å². The monoisotopic (exact) mass is 1330 g/mol. The van der Waals surface area contributed by atoms with Crippen molar-refractivity contribution in [1.29, 1.82) is 0 Å². The number of nitrogens with zero attached hydrogens (tertiary/aromatic N) is 8. The minimum atomic E-state index is -1.63. The number of likely N-dealkylation sites (N-methyl/N-ethyl adjacent to an activating group) is 7. The molecule has 0 bridgehead atoms. The molecule has 0 aromatic carbocycles. The van der Waals surface area contributed by atoms with Gasteiger partial charge in [-0.15, -0.1) is 11.8 Å². The molecular formula is C68H124N12O12S. The van der Waals surface area contributed by atoms with Crippen molar-refractivity contribution in [2.75, 3.05) is 74.7 Å². The first-order chi connectivity index (χ1) is 43.2. The van der Waals surface area contributed by atoms with E-state index in [1.54, 1.807) is 54.5 Å². The van der Waals surface area contributed by atoms with Crippen LogP contribution in [-0.4, -0.2) is 256 Å². The molecule has 1 heterocycles. The van der Waals surface area contributed by atoms with E-state index in [-0.39, 0.29) is 43.4 Å². The van der Waals surface area contributed by atoms with Gasteiger partial charge in [-0.2, -0.15) is 0 Å². The number of carbonyl (C=O) groups is 11. The van der Waals surface area contributed by atoms with Crippen molar-refractivity contribution in [3.05, 3.63) is 12.2 Å². The van der Waals surface area contributed by atoms with Crippen molar-refractivity contribution < 1.29 is 57.8 Å². The molecule has 1 rings (SSSR count). The summed E-state index contributed by atoms with van der Waals surface area (Å²) >= 11 is 1.19. The van der Waals surface area contributed by atoms with Crippen molar-refractivity contribution in [3.63, 3.8) is 0 Å². The molecule has 0 radical (unpaired) electrons. The molecule has 5 N–H and O–H groups in total. The van der Waals surface area contributed by atoms with Gasteiger partial charge in [-0.1, -0.05) is 129 Å². The highest BCUT2D eigenvalue weighted by molar-refractivity contribution is 8.00. The van der Waals surface area contributed by atoms with Crippen LogP contribution >= 0.6 is 11.8 Å². The highest BCUT2D eigenvalue weighted by Crippen LogP contribution is 2.28. The number of allylic oxidation sites excluding steroid dienone is 2.